The van der Waals surface area contributed by atoms with Gasteiger partial charge in [0.15, 0.2) is 5.82 Å². The summed E-state index contributed by atoms with van der Waals surface area (Å²) < 4.78 is 10.7. The molecule has 16 heavy (non-hydrogen) atoms. The molecule has 5 nitrogen and oxygen atoms in total. The van der Waals surface area contributed by atoms with Crippen molar-refractivity contribution in [3.63, 3.8) is 0 Å². The van der Waals surface area contributed by atoms with Crippen LogP contribution >= 0.6 is 0 Å². The van der Waals surface area contributed by atoms with E-state index in [0.717, 1.165) is 37.7 Å². The molecule has 0 bridgehead atoms. The van der Waals surface area contributed by atoms with E-state index in [4.69, 9.17) is 9.26 Å². The lowest BCUT2D eigenvalue weighted by Crippen LogP contribution is -2.35. The van der Waals surface area contributed by atoms with Crippen LogP contribution < -0.4 is 5.32 Å². The van der Waals surface area contributed by atoms with Gasteiger partial charge in [-0.2, -0.15) is 4.98 Å². The molecule has 0 aliphatic carbocycles. The maximum absolute atomic E-state index is 5.37. The zero-order valence-electron chi connectivity index (χ0n) is 9.90. The van der Waals surface area contributed by atoms with Crippen LogP contribution in [0.3, 0.4) is 0 Å². The summed E-state index contributed by atoms with van der Waals surface area (Å²) in [5.41, 5.74) is 0. The van der Waals surface area contributed by atoms with E-state index in [1.807, 2.05) is 0 Å². The molecule has 1 saturated heterocycles. The molecular weight excluding hydrogens is 206 g/mol. The Morgan fingerprint density at radius 2 is 2.25 bits per heavy atom. The number of ether oxygens (including phenoxy) is 1. The van der Waals surface area contributed by atoms with Crippen molar-refractivity contribution in [2.45, 2.75) is 38.6 Å². The predicted octanol–water partition coefficient (Wildman–Crippen LogP) is 1.63. The van der Waals surface area contributed by atoms with Crippen LogP contribution in [0.15, 0.2) is 4.52 Å². The van der Waals surface area contributed by atoms with Crippen molar-refractivity contribution < 1.29 is 9.26 Å². The number of rotatable bonds is 4. The molecule has 0 saturated carbocycles. The van der Waals surface area contributed by atoms with Gasteiger partial charge in [-0.25, -0.2) is 0 Å². The van der Waals surface area contributed by atoms with Crippen molar-refractivity contribution >= 4 is 0 Å². The minimum absolute atomic E-state index is 0.0839. The summed E-state index contributed by atoms with van der Waals surface area (Å²) in [5, 5.41) is 7.34. The molecule has 5 heteroatoms. The van der Waals surface area contributed by atoms with Gasteiger partial charge in [0.2, 0.25) is 5.89 Å². The topological polar surface area (TPSA) is 60.2 Å². The van der Waals surface area contributed by atoms with Gasteiger partial charge < -0.3 is 14.6 Å². The van der Waals surface area contributed by atoms with Crippen LogP contribution in [0.2, 0.25) is 0 Å². The summed E-state index contributed by atoms with van der Waals surface area (Å²) in [6.45, 7) is 6.51. The molecule has 2 heterocycles. The van der Waals surface area contributed by atoms with E-state index in [0.29, 0.717) is 12.5 Å². The van der Waals surface area contributed by atoms with Crippen molar-refractivity contribution in [2.75, 3.05) is 19.8 Å². The zero-order valence-corrected chi connectivity index (χ0v) is 9.90. The maximum atomic E-state index is 5.37. The van der Waals surface area contributed by atoms with E-state index in [1.165, 1.54) is 0 Å². The number of hydrogen-bond donors (Lipinski definition) is 1. The van der Waals surface area contributed by atoms with Crippen molar-refractivity contribution in [3.8, 4) is 0 Å². The minimum Gasteiger partial charge on any atom is -0.378 e. The third-order valence-corrected chi connectivity index (χ3v) is 3.03. The number of nitrogens with one attached hydrogen (secondary N) is 1. The van der Waals surface area contributed by atoms with Crippen molar-refractivity contribution in [1.82, 2.24) is 15.5 Å². The molecule has 1 N–H and O–H groups in total. The first-order chi connectivity index (χ1) is 7.85. The third kappa shape index (κ3) is 2.41. The first kappa shape index (κ1) is 11.5. The molecule has 1 fully saturated rings. The lowest BCUT2D eigenvalue weighted by atomic mass is 10.0. The normalized spacial score (nSPS) is 21.6. The molecule has 2 rings (SSSR count). The van der Waals surface area contributed by atoms with E-state index in [-0.39, 0.29) is 6.04 Å². The summed E-state index contributed by atoms with van der Waals surface area (Å²) >= 11 is 0. The molecule has 1 aromatic heterocycles. The molecular formula is C11H19N3O2. The minimum atomic E-state index is 0.0839. The molecule has 0 amide bonds. The monoisotopic (exact) mass is 225 g/mol. The fourth-order valence-corrected chi connectivity index (χ4v) is 1.92. The Kier molecular flexibility index (Phi) is 3.90. The van der Waals surface area contributed by atoms with Crippen LogP contribution in [0.4, 0.5) is 0 Å². The van der Waals surface area contributed by atoms with Gasteiger partial charge in [0, 0.05) is 12.5 Å². The number of nitrogens with zero attached hydrogens (tertiary/aromatic N) is 2. The molecule has 0 radical (unpaired) electrons. The van der Waals surface area contributed by atoms with Crippen LogP contribution in [0.5, 0.6) is 0 Å². The summed E-state index contributed by atoms with van der Waals surface area (Å²) in [6.07, 6.45) is 2.07. The Morgan fingerprint density at radius 3 is 2.88 bits per heavy atom. The average Bonchev–Trinajstić information content (AvgIpc) is 2.81. The third-order valence-electron chi connectivity index (χ3n) is 3.03. The zero-order chi connectivity index (χ0) is 11.4. The lowest BCUT2D eigenvalue weighted by Gasteiger charge is -2.20. The van der Waals surface area contributed by atoms with E-state index in [2.05, 4.69) is 29.3 Å². The Bertz CT molecular complexity index is 317. The van der Waals surface area contributed by atoms with Crippen LogP contribution in [0, 0.1) is 0 Å². The first-order valence-corrected chi connectivity index (χ1v) is 5.99. The second-order valence-electron chi connectivity index (χ2n) is 4.09. The summed E-state index contributed by atoms with van der Waals surface area (Å²) in [7, 11) is 0. The van der Waals surface area contributed by atoms with Gasteiger partial charge in [0.25, 0.3) is 0 Å². The van der Waals surface area contributed by atoms with Gasteiger partial charge in [0.05, 0.1) is 19.3 Å². The van der Waals surface area contributed by atoms with Gasteiger partial charge in [0.1, 0.15) is 0 Å². The summed E-state index contributed by atoms with van der Waals surface area (Å²) in [4.78, 5) is 4.46. The summed E-state index contributed by atoms with van der Waals surface area (Å²) in [5.74, 6) is 1.86. The first-order valence-electron chi connectivity index (χ1n) is 5.99. The van der Waals surface area contributed by atoms with E-state index in [9.17, 15) is 0 Å². The van der Waals surface area contributed by atoms with Gasteiger partial charge in [-0.1, -0.05) is 19.0 Å². The average molecular weight is 225 g/mol. The number of aromatic nitrogens is 2. The van der Waals surface area contributed by atoms with Crippen LogP contribution in [-0.2, 0) is 4.74 Å². The van der Waals surface area contributed by atoms with E-state index >= 15 is 0 Å². The molecule has 1 aromatic rings. The Labute approximate surface area is 95.6 Å². The maximum Gasteiger partial charge on any atom is 0.229 e. The molecule has 1 aliphatic heterocycles. The highest BCUT2D eigenvalue weighted by molar-refractivity contribution is 4.98. The molecule has 0 spiro atoms. The van der Waals surface area contributed by atoms with E-state index < -0.39 is 0 Å². The Hall–Kier alpha value is -0.940. The van der Waals surface area contributed by atoms with Gasteiger partial charge >= 0.3 is 0 Å². The standard InChI is InChI=1S/C11H19N3O2/c1-3-8(4-2)11-13-10(14-16-11)9-7-15-6-5-12-9/h8-9,12H,3-7H2,1-2H3. The summed E-state index contributed by atoms with van der Waals surface area (Å²) in [6, 6.07) is 0.0839. The fourth-order valence-electron chi connectivity index (χ4n) is 1.92. The Morgan fingerprint density at radius 1 is 1.44 bits per heavy atom. The van der Waals surface area contributed by atoms with Gasteiger partial charge in [-0.05, 0) is 12.8 Å². The predicted molar refractivity (Wildman–Crippen MR) is 59.2 cm³/mol. The largest absolute Gasteiger partial charge is 0.378 e. The highest BCUT2D eigenvalue weighted by atomic mass is 16.5. The second kappa shape index (κ2) is 5.41. The Balaban J connectivity index is 2.05. The van der Waals surface area contributed by atoms with Crippen LogP contribution in [0.1, 0.15) is 50.4 Å². The highest BCUT2D eigenvalue weighted by Crippen LogP contribution is 2.22. The number of hydrogen-bond acceptors (Lipinski definition) is 5. The van der Waals surface area contributed by atoms with Gasteiger partial charge in [-0.3, -0.25) is 0 Å². The molecule has 1 unspecified atom stereocenters. The lowest BCUT2D eigenvalue weighted by molar-refractivity contribution is 0.0734. The van der Waals surface area contributed by atoms with Crippen molar-refractivity contribution in [3.05, 3.63) is 11.7 Å². The van der Waals surface area contributed by atoms with Crippen molar-refractivity contribution in [1.29, 1.82) is 0 Å². The molecule has 0 aromatic carbocycles. The molecule has 1 atom stereocenters. The van der Waals surface area contributed by atoms with Crippen LogP contribution in [-0.4, -0.2) is 29.9 Å². The fraction of sp³-hybridized carbons (Fsp3) is 0.818. The van der Waals surface area contributed by atoms with Crippen LogP contribution in [0.25, 0.3) is 0 Å². The second-order valence-corrected chi connectivity index (χ2v) is 4.09. The van der Waals surface area contributed by atoms with E-state index in [1.54, 1.807) is 0 Å². The SMILES string of the molecule is CCC(CC)c1nc(C2COCCN2)no1. The quantitative estimate of drug-likeness (QED) is 0.844. The smallest absolute Gasteiger partial charge is 0.229 e. The van der Waals surface area contributed by atoms with Gasteiger partial charge in [-0.15, -0.1) is 0 Å². The molecule has 90 valence electrons. The number of morpholine rings is 1. The molecule has 1 aliphatic rings. The highest BCUT2D eigenvalue weighted by Gasteiger charge is 2.23. The van der Waals surface area contributed by atoms with Crippen molar-refractivity contribution in [2.24, 2.45) is 0 Å².